The van der Waals surface area contributed by atoms with Gasteiger partial charge in [0.15, 0.2) is 5.96 Å². The highest BCUT2D eigenvalue weighted by molar-refractivity contribution is 7.09. The van der Waals surface area contributed by atoms with Crippen molar-refractivity contribution in [1.82, 2.24) is 15.5 Å². The normalized spacial score (nSPS) is 20.5. The first-order valence-corrected chi connectivity index (χ1v) is 8.96. The monoisotopic (exact) mass is 308 g/mol. The van der Waals surface area contributed by atoms with Crippen molar-refractivity contribution in [3.8, 4) is 0 Å². The van der Waals surface area contributed by atoms with Crippen molar-refractivity contribution in [1.29, 1.82) is 0 Å². The SMILES string of the molecule is CCNC(=NCc1cccs1)NCCN1CCCCC1C. The van der Waals surface area contributed by atoms with Crippen molar-refractivity contribution in [2.45, 2.75) is 45.7 Å². The summed E-state index contributed by atoms with van der Waals surface area (Å²) in [5.41, 5.74) is 0. The Kier molecular flexibility index (Phi) is 7.03. The lowest BCUT2D eigenvalue weighted by Gasteiger charge is -2.33. The molecule has 0 saturated carbocycles. The molecule has 21 heavy (non-hydrogen) atoms. The molecule has 1 aromatic rings. The van der Waals surface area contributed by atoms with E-state index in [1.807, 2.05) is 0 Å². The number of likely N-dealkylation sites (tertiary alicyclic amines) is 1. The molecule has 0 radical (unpaired) electrons. The molecule has 1 aliphatic heterocycles. The molecule has 0 amide bonds. The van der Waals surface area contributed by atoms with E-state index in [1.165, 1.54) is 30.7 Å². The Labute approximate surface area is 132 Å². The van der Waals surface area contributed by atoms with Crippen molar-refractivity contribution in [3.63, 3.8) is 0 Å². The first kappa shape index (κ1) is 16.3. The second kappa shape index (κ2) is 9.05. The number of hydrogen-bond acceptors (Lipinski definition) is 3. The molecule has 5 heteroatoms. The van der Waals surface area contributed by atoms with Crippen LogP contribution in [0.3, 0.4) is 0 Å². The molecule has 4 nitrogen and oxygen atoms in total. The number of piperidine rings is 1. The molecular weight excluding hydrogens is 280 g/mol. The van der Waals surface area contributed by atoms with Gasteiger partial charge in [0, 0.05) is 30.6 Å². The molecule has 2 N–H and O–H groups in total. The van der Waals surface area contributed by atoms with E-state index in [9.17, 15) is 0 Å². The van der Waals surface area contributed by atoms with E-state index in [2.05, 4.69) is 51.9 Å². The third kappa shape index (κ3) is 5.67. The van der Waals surface area contributed by atoms with Crippen molar-refractivity contribution in [2.24, 2.45) is 4.99 Å². The zero-order chi connectivity index (χ0) is 14.9. The van der Waals surface area contributed by atoms with Gasteiger partial charge in [0.25, 0.3) is 0 Å². The molecule has 1 unspecified atom stereocenters. The van der Waals surface area contributed by atoms with Crippen LogP contribution in [-0.4, -0.2) is 43.1 Å². The molecule has 1 fully saturated rings. The van der Waals surface area contributed by atoms with E-state index in [-0.39, 0.29) is 0 Å². The minimum Gasteiger partial charge on any atom is -0.357 e. The van der Waals surface area contributed by atoms with Crippen LogP contribution in [0.25, 0.3) is 0 Å². The minimum absolute atomic E-state index is 0.728. The maximum Gasteiger partial charge on any atom is 0.191 e. The summed E-state index contributed by atoms with van der Waals surface area (Å²) in [7, 11) is 0. The van der Waals surface area contributed by atoms with Crippen LogP contribution in [-0.2, 0) is 6.54 Å². The summed E-state index contributed by atoms with van der Waals surface area (Å²) in [4.78, 5) is 8.53. The summed E-state index contributed by atoms with van der Waals surface area (Å²) in [5.74, 6) is 0.926. The standard InChI is InChI=1S/C16H28N4S/c1-3-17-16(19-13-15-8-6-12-21-15)18-9-11-20-10-5-4-7-14(20)2/h6,8,12,14H,3-5,7,9-11,13H2,1-2H3,(H2,17,18,19). The Morgan fingerprint density at radius 1 is 1.43 bits per heavy atom. The first-order valence-electron chi connectivity index (χ1n) is 8.08. The minimum atomic E-state index is 0.728. The molecule has 0 spiro atoms. The van der Waals surface area contributed by atoms with Gasteiger partial charge in [-0.15, -0.1) is 11.3 Å². The maximum absolute atomic E-state index is 4.64. The van der Waals surface area contributed by atoms with Gasteiger partial charge in [-0.1, -0.05) is 12.5 Å². The quantitative estimate of drug-likeness (QED) is 0.627. The predicted molar refractivity (Wildman–Crippen MR) is 92.0 cm³/mol. The Hall–Kier alpha value is -1.07. The van der Waals surface area contributed by atoms with Gasteiger partial charge in [-0.25, -0.2) is 4.99 Å². The third-order valence-electron chi connectivity index (χ3n) is 3.95. The Bertz CT molecular complexity index is 416. The number of nitrogens with one attached hydrogen (secondary N) is 2. The summed E-state index contributed by atoms with van der Waals surface area (Å²) in [6.45, 7) is 9.41. The number of thiophene rings is 1. The topological polar surface area (TPSA) is 39.7 Å². The molecule has 2 rings (SSSR count). The van der Waals surface area contributed by atoms with Crippen molar-refractivity contribution in [3.05, 3.63) is 22.4 Å². The summed E-state index contributed by atoms with van der Waals surface area (Å²) in [5, 5.41) is 8.87. The Morgan fingerprint density at radius 3 is 3.05 bits per heavy atom. The second-order valence-corrected chi connectivity index (χ2v) is 6.61. The largest absolute Gasteiger partial charge is 0.357 e. The Balaban J connectivity index is 1.75. The second-order valence-electron chi connectivity index (χ2n) is 5.58. The van der Waals surface area contributed by atoms with Gasteiger partial charge in [-0.2, -0.15) is 0 Å². The lowest BCUT2D eigenvalue weighted by molar-refractivity contribution is 0.163. The number of aliphatic imine (C=N–C) groups is 1. The fourth-order valence-corrected chi connectivity index (χ4v) is 3.34. The van der Waals surface area contributed by atoms with Crippen LogP contribution in [0.15, 0.2) is 22.5 Å². The zero-order valence-electron chi connectivity index (χ0n) is 13.3. The molecule has 1 aromatic heterocycles. The Morgan fingerprint density at radius 2 is 2.33 bits per heavy atom. The number of guanidine groups is 1. The summed E-state index contributed by atoms with van der Waals surface area (Å²) < 4.78 is 0. The summed E-state index contributed by atoms with van der Waals surface area (Å²) in [6, 6.07) is 4.94. The average molecular weight is 308 g/mol. The smallest absolute Gasteiger partial charge is 0.191 e. The lowest BCUT2D eigenvalue weighted by Crippen LogP contribution is -2.45. The van der Waals surface area contributed by atoms with Gasteiger partial charge < -0.3 is 10.6 Å². The van der Waals surface area contributed by atoms with Crippen molar-refractivity contribution >= 4 is 17.3 Å². The van der Waals surface area contributed by atoms with Crippen LogP contribution in [0.5, 0.6) is 0 Å². The van der Waals surface area contributed by atoms with E-state index in [4.69, 9.17) is 0 Å². The van der Waals surface area contributed by atoms with Gasteiger partial charge in [0.2, 0.25) is 0 Å². The molecule has 0 aliphatic carbocycles. The van der Waals surface area contributed by atoms with Gasteiger partial charge in [0.05, 0.1) is 6.54 Å². The predicted octanol–water partition coefficient (Wildman–Crippen LogP) is 2.68. The lowest BCUT2D eigenvalue weighted by atomic mass is 10.0. The fourth-order valence-electron chi connectivity index (χ4n) is 2.71. The van der Waals surface area contributed by atoms with E-state index < -0.39 is 0 Å². The van der Waals surface area contributed by atoms with Crippen LogP contribution >= 0.6 is 11.3 Å². The van der Waals surface area contributed by atoms with E-state index in [0.29, 0.717) is 0 Å². The van der Waals surface area contributed by atoms with Crippen LogP contribution in [0.4, 0.5) is 0 Å². The van der Waals surface area contributed by atoms with Crippen LogP contribution in [0, 0.1) is 0 Å². The highest BCUT2D eigenvalue weighted by atomic mass is 32.1. The molecule has 1 aliphatic rings. The molecular formula is C16H28N4S. The summed E-state index contributed by atoms with van der Waals surface area (Å²) >= 11 is 1.76. The fraction of sp³-hybridized carbons (Fsp3) is 0.688. The van der Waals surface area contributed by atoms with E-state index in [0.717, 1.165) is 38.2 Å². The molecule has 1 atom stereocenters. The van der Waals surface area contributed by atoms with E-state index >= 15 is 0 Å². The van der Waals surface area contributed by atoms with Crippen LogP contribution < -0.4 is 10.6 Å². The maximum atomic E-state index is 4.64. The molecule has 2 heterocycles. The highest BCUT2D eigenvalue weighted by Gasteiger charge is 2.17. The van der Waals surface area contributed by atoms with Crippen molar-refractivity contribution in [2.75, 3.05) is 26.2 Å². The van der Waals surface area contributed by atoms with Gasteiger partial charge in [-0.05, 0) is 44.7 Å². The van der Waals surface area contributed by atoms with E-state index in [1.54, 1.807) is 11.3 Å². The van der Waals surface area contributed by atoms with Crippen molar-refractivity contribution < 1.29 is 0 Å². The summed E-state index contributed by atoms with van der Waals surface area (Å²) in [6.07, 6.45) is 4.07. The molecule has 118 valence electrons. The van der Waals surface area contributed by atoms with Gasteiger partial charge in [0.1, 0.15) is 0 Å². The van der Waals surface area contributed by atoms with Gasteiger partial charge >= 0.3 is 0 Å². The first-order chi connectivity index (χ1) is 10.3. The highest BCUT2D eigenvalue weighted by Crippen LogP contribution is 2.15. The zero-order valence-corrected chi connectivity index (χ0v) is 14.1. The number of nitrogens with zero attached hydrogens (tertiary/aromatic N) is 2. The average Bonchev–Trinajstić information content (AvgIpc) is 3.00. The molecule has 0 bridgehead atoms. The van der Waals surface area contributed by atoms with Crippen LogP contribution in [0.2, 0.25) is 0 Å². The molecule has 0 aromatic carbocycles. The van der Waals surface area contributed by atoms with Crippen LogP contribution in [0.1, 0.15) is 38.0 Å². The number of hydrogen-bond donors (Lipinski definition) is 2. The molecule has 1 saturated heterocycles. The number of rotatable bonds is 6. The third-order valence-corrected chi connectivity index (χ3v) is 4.81. The van der Waals surface area contributed by atoms with Gasteiger partial charge in [-0.3, -0.25) is 4.90 Å².